The molecule has 1 aliphatic rings. The number of carbonyl (C=O) groups is 2. The molecule has 8 heteroatoms. The lowest BCUT2D eigenvalue weighted by Crippen LogP contribution is -2.50. The summed E-state index contributed by atoms with van der Waals surface area (Å²) in [5.41, 5.74) is 2.05. The van der Waals surface area contributed by atoms with Crippen LogP contribution in [-0.4, -0.2) is 79.8 Å². The number of aliphatic hydroxyl groups excluding tert-OH is 1. The summed E-state index contributed by atoms with van der Waals surface area (Å²) in [6.07, 6.45) is -0.345. The molecule has 0 bridgehead atoms. The second-order valence-electron chi connectivity index (χ2n) is 8.87. The van der Waals surface area contributed by atoms with Crippen molar-refractivity contribution in [3.63, 3.8) is 0 Å². The number of carbonyl (C=O) groups excluding carboxylic acids is 2. The molecule has 178 valence electrons. The van der Waals surface area contributed by atoms with Crippen LogP contribution in [0.4, 0.5) is 16.2 Å². The number of nitrogens with one attached hydrogen (secondary N) is 1. The lowest BCUT2D eigenvalue weighted by molar-refractivity contribution is 0.0371. The summed E-state index contributed by atoms with van der Waals surface area (Å²) in [4.78, 5) is 31.3. The highest BCUT2D eigenvalue weighted by atomic mass is 16.5. The zero-order valence-electron chi connectivity index (χ0n) is 20.0. The molecule has 3 rings (SSSR count). The number of ether oxygens (including phenoxy) is 1. The van der Waals surface area contributed by atoms with Gasteiger partial charge in [0.25, 0.3) is 5.91 Å². The Hall–Kier alpha value is -3.26. The molecule has 0 unspecified atom stereocenters. The lowest BCUT2D eigenvalue weighted by Gasteiger charge is -2.38. The van der Waals surface area contributed by atoms with Crippen molar-refractivity contribution in [1.82, 2.24) is 9.80 Å². The van der Waals surface area contributed by atoms with Crippen LogP contribution in [0.2, 0.25) is 0 Å². The first kappa shape index (κ1) is 24.4. The van der Waals surface area contributed by atoms with E-state index >= 15 is 0 Å². The van der Waals surface area contributed by atoms with Crippen molar-refractivity contribution >= 4 is 23.3 Å². The van der Waals surface area contributed by atoms with Gasteiger partial charge in [-0.15, -0.1) is 0 Å². The first-order chi connectivity index (χ1) is 15.7. The van der Waals surface area contributed by atoms with E-state index in [1.54, 1.807) is 22.9 Å². The van der Waals surface area contributed by atoms with E-state index in [1.807, 2.05) is 75.3 Å². The number of benzene rings is 2. The molecule has 0 aliphatic carbocycles. The Balaban J connectivity index is 1.87. The number of para-hydroxylation sites is 1. The Morgan fingerprint density at radius 3 is 2.55 bits per heavy atom. The van der Waals surface area contributed by atoms with Gasteiger partial charge in [0.2, 0.25) is 0 Å². The molecule has 2 N–H and O–H groups in total. The third-order valence-electron chi connectivity index (χ3n) is 5.99. The summed E-state index contributed by atoms with van der Waals surface area (Å²) >= 11 is 0. The lowest BCUT2D eigenvalue weighted by atomic mass is 9.99. The first-order valence-corrected chi connectivity index (χ1v) is 11.2. The highest BCUT2D eigenvalue weighted by Crippen LogP contribution is 2.31. The van der Waals surface area contributed by atoms with Gasteiger partial charge in [-0.1, -0.05) is 25.1 Å². The predicted octanol–water partition coefficient (Wildman–Crippen LogP) is 3.14. The second kappa shape index (κ2) is 10.6. The summed E-state index contributed by atoms with van der Waals surface area (Å²) in [6.45, 7) is 4.44. The van der Waals surface area contributed by atoms with Crippen LogP contribution in [0.15, 0.2) is 48.5 Å². The molecule has 1 aliphatic heterocycles. The van der Waals surface area contributed by atoms with E-state index < -0.39 is 0 Å². The second-order valence-corrected chi connectivity index (χ2v) is 8.87. The van der Waals surface area contributed by atoms with Gasteiger partial charge in [-0.05, 0) is 37.3 Å². The number of rotatable bonds is 6. The van der Waals surface area contributed by atoms with Gasteiger partial charge in [0.05, 0.1) is 24.8 Å². The molecule has 0 spiro atoms. The molecular weight excluding hydrogens is 420 g/mol. The molecule has 0 aromatic heterocycles. The van der Waals surface area contributed by atoms with Gasteiger partial charge in [-0.25, -0.2) is 4.79 Å². The van der Waals surface area contributed by atoms with Gasteiger partial charge in [-0.3, -0.25) is 4.79 Å². The molecule has 2 aromatic carbocycles. The number of aliphatic hydroxyl groups is 1. The normalized spacial score (nSPS) is 19.0. The molecule has 3 atom stereocenters. The first-order valence-electron chi connectivity index (χ1n) is 11.2. The molecule has 3 amide bonds. The third kappa shape index (κ3) is 5.76. The van der Waals surface area contributed by atoms with Gasteiger partial charge in [0, 0.05) is 45.0 Å². The van der Waals surface area contributed by atoms with Crippen LogP contribution >= 0.6 is 0 Å². The monoisotopic (exact) mass is 454 g/mol. The molecule has 33 heavy (non-hydrogen) atoms. The van der Waals surface area contributed by atoms with Crippen molar-refractivity contribution in [1.29, 1.82) is 0 Å². The minimum atomic E-state index is -0.345. The number of fused-ring (bicyclic) bond motifs is 1. The van der Waals surface area contributed by atoms with Crippen LogP contribution < -0.4 is 15.0 Å². The van der Waals surface area contributed by atoms with Crippen LogP contribution in [0.3, 0.4) is 0 Å². The van der Waals surface area contributed by atoms with Crippen molar-refractivity contribution in [3.05, 3.63) is 54.1 Å². The largest absolute Gasteiger partial charge is 0.487 e. The molecule has 1 heterocycles. The summed E-state index contributed by atoms with van der Waals surface area (Å²) in [5.74, 6) is 0.237. The third-order valence-corrected chi connectivity index (χ3v) is 5.99. The average Bonchev–Trinajstić information content (AvgIpc) is 2.80. The maximum atomic E-state index is 13.4. The Morgan fingerprint density at radius 1 is 1.21 bits per heavy atom. The van der Waals surface area contributed by atoms with E-state index in [0.29, 0.717) is 24.4 Å². The Morgan fingerprint density at radius 2 is 1.91 bits per heavy atom. The maximum Gasteiger partial charge on any atom is 0.321 e. The molecule has 0 fully saturated rings. The van der Waals surface area contributed by atoms with Gasteiger partial charge in [0.1, 0.15) is 11.9 Å². The standard InChI is InChI=1S/C25H34N4O4/c1-17-14-29(18(2)16-30)24(31)21-13-20(27(3)4)11-12-22(21)33-23(17)15-28(5)25(32)26-19-9-7-6-8-10-19/h6-13,17-18,23,30H,14-16H2,1-5H3,(H,26,32)/t17-,18+,23+/m0/s1. The Labute approximate surface area is 195 Å². The van der Waals surface area contributed by atoms with E-state index in [0.717, 1.165) is 11.4 Å². The van der Waals surface area contributed by atoms with E-state index in [4.69, 9.17) is 4.74 Å². The summed E-state index contributed by atoms with van der Waals surface area (Å²) in [5, 5.41) is 12.7. The minimum absolute atomic E-state index is 0.0726. The highest BCUT2D eigenvalue weighted by molar-refractivity contribution is 5.98. The van der Waals surface area contributed by atoms with Crippen LogP contribution in [0.25, 0.3) is 0 Å². The van der Waals surface area contributed by atoms with Crippen molar-refractivity contribution in [3.8, 4) is 5.75 Å². The zero-order chi connectivity index (χ0) is 24.1. The van der Waals surface area contributed by atoms with E-state index in [9.17, 15) is 14.7 Å². The molecule has 2 aromatic rings. The Kier molecular flexibility index (Phi) is 7.81. The molecule has 0 saturated heterocycles. The molecule has 8 nitrogen and oxygen atoms in total. The topological polar surface area (TPSA) is 85.3 Å². The fraction of sp³-hybridized carbons (Fsp3) is 0.440. The number of hydrogen-bond acceptors (Lipinski definition) is 5. The van der Waals surface area contributed by atoms with Crippen LogP contribution in [-0.2, 0) is 0 Å². The smallest absolute Gasteiger partial charge is 0.321 e. The van der Waals surface area contributed by atoms with Gasteiger partial charge in [0.15, 0.2) is 0 Å². The van der Waals surface area contributed by atoms with Gasteiger partial charge >= 0.3 is 6.03 Å². The highest BCUT2D eigenvalue weighted by Gasteiger charge is 2.34. The number of likely N-dealkylation sites (N-methyl/N-ethyl adjacent to an activating group) is 1. The van der Waals surface area contributed by atoms with Crippen LogP contribution in [0.1, 0.15) is 24.2 Å². The number of urea groups is 1. The number of nitrogens with zero attached hydrogens (tertiary/aromatic N) is 3. The average molecular weight is 455 g/mol. The maximum absolute atomic E-state index is 13.4. The van der Waals surface area contributed by atoms with Crippen molar-refractivity contribution < 1.29 is 19.4 Å². The number of hydrogen-bond donors (Lipinski definition) is 2. The van der Waals surface area contributed by atoms with E-state index in [-0.39, 0.29) is 36.6 Å². The van der Waals surface area contributed by atoms with Crippen molar-refractivity contribution in [2.45, 2.75) is 26.0 Å². The van der Waals surface area contributed by atoms with Gasteiger partial charge in [-0.2, -0.15) is 0 Å². The van der Waals surface area contributed by atoms with Crippen molar-refractivity contribution in [2.75, 3.05) is 51.1 Å². The fourth-order valence-electron chi connectivity index (χ4n) is 3.80. The summed E-state index contributed by atoms with van der Waals surface area (Å²) < 4.78 is 6.34. The summed E-state index contributed by atoms with van der Waals surface area (Å²) in [7, 11) is 5.55. The minimum Gasteiger partial charge on any atom is -0.487 e. The van der Waals surface area contributed by atoms with Crippen LogP contribution in [0, 0.1) is 5.92 Å². The number of anilines is 2. The van der Waals surface area contributed by atoms with Gasteiger partial charge < -0.3 is 29.9 Å². The zero-order valence-corrected chi connectivity index (χ0v) is 20.0. The Bertz CT molecular complexity index is 966. The van der Waals surface area contributed by atoms with E-state index in [2.05, 4.69) is 5.32 Å². The molecule has 0 radical (unpaired) electrons. The van der Waals surface area contributed by atoms with Crippen molar-refractivity contribution in [2.24, 2.45) is 5.92 Å². The fourth-order valence-corrected chi connectivity index (χ4v) is 3.80. The van der Waals surface area contributed by atoms with E-state index in [1.165, 1.54) is 0 Å². The molecule has 0 saturated carbocycles. The SMILES string of the molecule is C[C@H](CO)N1C[C@H](C)[C@@H](CN(C)C(=O)Nc2ccccc2)Oc2ccc(N(C)C)cc2C1=O. The number of amides is 3. The summed E-state index contributed by atoms with van der Waals surface area (Å²) in [6, 6.07) is 14.2. The predicted molar refractivity (Wildman–Crippen MR) is 130 cm³/mol. The quantitative estimate of drug-likeness (QED) is 0.701. The van der Waals surface area contributed by atoms with Crippen LogP contribution in [0.5, 0.6) is 5.75 Å². The molecular formula is C25H34N4O4.